The third-order valence-corrected chi connectivity index (χ3v) is 2.68. The second-order valence-electron chi connectivity index (χ2n) is 4.47. The standard InChI is InChI=1S/C9H19FN2/c1-9(2)6-12(4)5-7(10)8(9)11-3/h7-8,11H,5-6H2,1-4H3/t7-,8+/m1/s1. The number of hydrogen-bond acceptors (Lipinski definition) is 2. The molecule has 0 aromatic heterocycles. The van der Waals surface area contributed by atoms with Gasteiger partial charge in [-0.2, -0.15) is 0 Å². The highest BCUT2D eigenvalue weighted by Gasteiger charge is 2.40. The second-order valence-corrected chi connectivity index (χ2v) is 4.47. The van der Waals surface area contributed by atoms with E-state index in [-0.39, 0.29) is 11.5 Å². The van der Waals surface area contributed by atoms with Gasteiger partial charge >= 0.3 is 0 Å². The molecule has 1 saturated heterocycles. The first-order valence-electron chi connectivity index (χ1n) is 4.47. The lowest BCUT2D eigenvalue weighted by molar-refractivity contribution is 0.0296. The van der Waals surface area contributed by atoms with Crippen molar-refractivity contribution in [3.8, 4) is 0 Å². The maximum atomic E-state index is 13.5. The molecule has 1 N–H and O–H groups in total. The predicted octanol–water partition coefficient (Wildman–Crippen LogP) is 0.884. The topological polar surface area (TPSA) is 15.3 Å². The smallest absolute Gasteiger partial charge is 0.128 e. The number of hydrogen-bond donors (Lipinski definition) is 1. The molecule has 1 fully saturated rings. The van der Waals surface area contributed by atoms with Crippen LogP contribution in [0.3, 0.4) is 0 Å². The first-order chi connectivity index (χ1) is 5.47. The summed E-state index contributed by atoms with van der Waals surface area (Å²) in [6.07, 6.45) is -0.747. The Balaban J connectivity index is 2.71. The van der Waals surface area contributed by atoms with E-state index in [4.69, 9.17) is 0 Å². The zero-order valence-corrected chi connectivity index (χ0v) is 8.39. The molecule has 1 heterocycles. The van der Waals surface area contributed by atoms with Gasteiger partial charge in [-0.15, -0.1) is 0 Å². The Morgan fingerprint density at radius 3 is 2.50 bits per heavy atom. The third kappa shape index (κ3) is 1.77. The van der Waals surface area contributed by atoms with Gasteiger partial charge in [0.1, 0.15) is 6.17 Å². The number of likely N-dealkylation sites (tertiary alicyclic amines) is 1. The fraction of sp³-hybridized carbons (Fsp3) is 1.00. The Labute approximate surface area is 74.1 Å². The van der Waals surface area contributed by atoms with E-state index in [2.05, 4.69) is 24.1 Å². The van der Waals surface area contributed by atoms with Crippen LogP contribution < -0.4 is 5.32 Å². The predicted molar refractivity (Wildman–Crippen MR) is 49.0 cm³/mol. The van der Waals surface area contributed by atoms with Crippen molar-refractivity contribution in [3.05, 3.63) is 0 Å². The summed E-state index contributed by atoms with van der Waals surface area (Å²) < 4.78 is 13.5. The van der Waals surface area contributed by atoms with Gasteiger partial charge in [-0.3, -0.25) is 0 Å². The molecule has 0 bridgehead atoms. The lowest BCUT2D eigenvalue weighted by atomic mass is 9.78. The molecular weight excluding hydrogens is 155 g/mol. The minimum Gasteiger partial charge on any atom is -0.314 e. The van der Waals surface area contributed by atoms with E-state index in [1.807, 2.05) is 14.1 Å². The molecule has 0 amide bonds. The summed E-state index contributed by atoms with van der Waals surface area (Å²) in [5.74, 6) is 0. The molecule has 0 saturated carbocycles. The van der Waals surface area contributed by atoms with Crippen LogP contribution in [0.15, 0.2) is 0 Å². The lowest BCUT2D eigenvalue weighted by Crippen LogP contribution is -2.59. The molecule has 1 aliphatic rings. The van der Waals surface area contributed by atoms with Gasteiger partial charge in [-0.1, -0.05) is 13.8 Å². The van der Waals surface area contributed by atoms with E-state index >= 15 is 0 Å². The molecule has 3 heteroatoms. The maximum absolute atomic E-state index is 13.5. The van der Waals surface area contributed by atoms with Crippen molar-refractivity contribution in [1.82, 2.24) is 10.2 Å². The van der Waals surface area contributed by atoms with E-state index < -0.39 is 6.17 Å². The van der Waals surface area contributed by atoms with Gasteiger partial charge in [0.25, 0.3) is 0 Å². The largest absolute Gasteiger partial charge is 0.314 e. The van der Waals surface area contributed by atoms with Crippen LogP contribution in [0.25, 0.3) is 0 Å². The van der Waals surface area contributed by atoms with Gasteiger partial charge in [-0.25, -0.2) is 4.39 Å². The molecule has 2 atom stereocenters. The molecule has 12 heavy (non-hydrogen) atoms. The number of rotatable bonds is 1. The van der Waals surface area contributed by atoms with Gasteiger partial charge in [0.15, 0.2) is 0 Å². The maximum Gasteiger partial charge on any atom is 0.128 e. The molecule has 0 radical (unpaired) electrons. The van der Waals surface area contributed by atoms with Gasteiger partial charge in [-0.05, 0) is 19.5 Å². The average Bonchev–Trinajstić information content (AvgIpc) is 1.82. The second kappa shape index (κ2) is 3.30. The van der Waals surface area contributed by atoms with E-state index in [0.29, 0.717) is 6.54 Å². The Morgan fingerprint density at radius 2 is 2.08 bits per heavy atom. The number of alkyl halides is 1. The Bertz CT molecular complexity index is 159. The highest BCUT2D eigenvalue weighted by atomic mass is 19.1. The third-order valence-electron chi connectivity index (χ3n) is 2.68. The normalized spacial score (nSPS) is 36.8. The Morgan fingerprint density at radius 1 is 1.50 bits per heavy atom. The van der Waals surface area contributed by atoms with Crippen LogP contribution in [-0.4, -0.2) is 44.3 Å². The van der Waals surface area contributed by atoms with Crippen molar-refractivity contribution in [3.63, 3.8) is 0 Å². The number of nitrogens with one attached hydrogen (secondary N) is 1. The van der Waals surface area contributed by atoms with Crippen LogP contribution in [0, 0.1) is 5.41 Å². The summed E-state index contributed by atoms with van der Waals surface area (Å²) in [5.41, 5.74) is 0.0289. The zero-order valence-electron chi connectivity index (χ0n) is 8.39. The van der Waals surface area contributed by atoms with Crippen molar-refractivity contribution < 1.29 is 4.39 Å². The van der Waals surface area contributed by atoms with E-state index in [1.165, 1.54) is 0 Å². The van der Waals surface area contributed by atoms with Crippen LogP contribution in [-0.2, 0) is 0 Å². The molecule has 0 aromatic carbocycles. The molecule has 1 aliphatic heterocycles. The minimum absolute atomic E-state index is 0.00583. The van der Waals surface area contributed by atoms with Crippen LogP contribution in [0.5, 0.6) is 0 Å². The molecular formula is C9H19FN2. The van der Waals surface area contributed by atoms with Crippen LogP contribution in [0.2, 0.25) is 0 Å². The van der Waals surface area contributed by atoms with Crippen LogP contribution in [0.4, 0.5) is 4.39 Å². The first kappa shape index (κ1) is 9.93. The fourth-order valence-corrected chi connectivity index (χ4v) is 2.32. The average molecular weight is 174 g/mol. The van der Waals surface area contributed by atoms with Crippen LogP contribution >= 0.6 is 0 Å². The van der Waals surface area contributed by atoms with Crippen molar-refractivity contribution in [2.24, 2.45) is 5.41 Å². The Hall–Kier alpha value is -0.150. The molecule has 1 rings (SSSR count). The highest BCUT2D eigenvalue weighted by molar-refractivity contribution is 4.95. The van der Waals surface area contributed by atoms with E-state index in [9.17, 15) is 4.39 Å². The highest BCUT2D eigenvalue weighted by Crippen LogP contribution is 2.29. The molecule has 72 valence electrons. The Kier molecular flexibility index (Phi) is 2.74. The SMILES string of the molecule is CN[C@H]1[C@H](F)CN(C)CC1(C)C. The van der Waals surface area contributed by atoms with Gasteiger partial charge in [0.2, 0.25) is 0 Å². The summed E-state index contributed by atoms with van der Waals surface area (Å²) in [5, 5.41) is 3.06. The van der Waals surface area contributed by atoms with Gasteiger partial charge in [0, 0.05) is 19.1 Å². The quantitative estimate of drug-likeness (QED) is 0.635. The van der Waals surface area contributed by atoms with Crippen molar-refractivity contribution in [2.45, 2.75) is 26.1 Å². The van der Waals surface area contributed by atoms with Crippen LogP contribution in [0.1, 0.15) is 13.8 Å². The monoisotopic (exact) mass is 174 g/mol. The lowest BCUT2D eigenvalue weighted by Gasteiger charge is -2.44. The summed E-state index contributed by atoms with van der Waals surface area (Å²) in [7, 11) is 3.81. The molecule has 0 aromatic rings. The van der Waals surface area contributed by atoms with Gasteiger partial charge in [0.05, 0.1) is 0 Å². The van der Waals surface area contributed by atoms with Crippen molar-refractivity contribution in [2.75, 3.05) is 27.2 Å². The van der Waals surface area contributed by atoms with Crippen molar-refractivity contribution in [1.29, 1.82) is 0 Å². The van der Waals surface area contributed by atoms with E-state index in [1.54, 1.807) is 0 Å². The first-order valence-corrected chi connectivity index (χ1v) is 4.47. The van der Waals surface area contributed by atoms with Gasteiger partial charge < -0.3 is 10.2 Å². The molecule has 0 aliphatic carbocycles. The minimum atomic E-state index is -0.747. The summed E-state index contributed by atoms with van der Waals surface area (Å²) in [6, 6.07) is -0.00583. The molecule has 2 nitrogen and oxygen atoms in total. The number of halogens is 1. The zero-order chi connectivity index (χ0) is 9.35. The summed E-state index contributed by atoms with van der Waals surface area (Å²) in [6.45, 7) is 5.72. The summed E-state index contributed by atoms with van der Waals surface area (Å²) >= 11 is 0. The fourth-order valence-electron chi connectivity index (χ4n) is 2.32. The van der Waals surface area contributed by atoms with E-state index in [0.717, 1.165) is 6.54 Å². The summed E-state index contributed by atoms with van der Waals surface area (Å²) in [4.78, 5) is 2.05. The number of piperidine rings is 1. The molecule has 0 spiro atoms. The van der Waals surface area contributed by atoms with Crippen molar-refractivity contribution >= 4 is 0 Å². The number of nitrogens with zero attached hydrogens (tertiary/aromatic N) is 1. The molecule has 0 unspecified atom stereocenters.